The number of hydrogen-bond acceptors (Lipinski definition) is 5. The number of hydrogen-bond donors (Lipinski definition) is 1. The van der Waals surface area contributed by atoms with Crippen molar-refractivity contribution in [3.05, 3.63) is 46.5 Å². The minimum atomic E-state index is -0.143. The Morgan fingerprint density at radius 1 is 1.38 bits per heavy atom. The summed E-state index contributed by atoms with van der Waals surface area (Å²) in [6, 6.07) is 7.68. The van der Waals surface area contributed by atoms with Crippen LogP contribution in [0.5, 0.6) is 0 Å². The first kappa shape index (κ1) is 15.2. The molecule has 21 heavy (non-hydrogen) atoms. The maximum absolute atomic E-state index is 12.0. The number of carbonyl (C=O) groups is 1. The number of carbonyl (C=O) groups excluding carboxylic acids is 1. The van der Waals surface area contributed by atoms with Gasteiger partial charge in [-0.2, -0.15) is 0 Å². The lowest BCUT2D eigenvalue weighted by Crippen LogP contribution is -2.26. The number of rotatable bonds is 4. The quantitative estimate of drug-likeness (QED) is 0.870. The van der Waals surface area contributed by atoms with Crippen molar-refractivity contribution in [1.82, 2.24) is 14.5 Å². The van der Waals surface area contributed by atoms with E-state index in [2.05, 4.69) is 21.4 Å². The fraction of sp³-hybridized carbons (Fsp3) is 0.267. The standard InChI is InChI=1S/C15H15N3O2S/c1-18(15(20)14-11-21-17-16-14)10-13-7-5-12(6-8-13)4-2-3-9-19/h5-8,11,19H,3,9-10H2,1H3. The lowest BCUT2D eigenvalue weighted by molar-refractivity contribution is 0.0779. The van der Waals surface area contributed by atoms with Crippen LogP contribution in [0.1, 0.15) is 28.0 Å². The van der Waals surface area contributed by atoms with E-state index in [1.54, 1.807) is 17.3 Å². The lowest BCUT2D eigenvalue weighted by atomic mass is 10.1. The van der Waals surface area contributed by atoms with Crippen molar-refractivity contribution in [1.29, 1.82) is 0 Å². The molecule has 0 aliphatic rings. The van der Waals surface area contributed by atoms with Gasteiger partial charge in [-0.05, 0) is 29.2 Å². The topological polar surface area (TPSA) is 66.3 Å². The van der Waals surface area contributed by atoms with E-state index in [1.165, 1.54) is 0 Å². The van der Waals surface area contributed by atoms with Crippen molar-refractivity contribution in [3.8, 4) is 11.8 Å². The predicted molar refractivity (Wildman–Crippen MR) is 80.7 cm³/mol. The molecule has 1 heterocycles. The van der Waals surface area contributed by atoms with Crippen LogP contribution in [0.25, 0.3) is 0 Å². The predicted octanol–water partition coefficient (Wildman–Crippen LogP) is 1.54. The first-order valence-electron chi connectivity index (χ1n) is 6.42. The minimum absolute atomic E-state index is 0.0729. The summed E-state index contributed by atoms with van der Waals surface area (Å²) in [4.78, 5) is 13.6. The summed E-state index contributed by atoms with van der Waals surface area (Å²) in [6.07, 6.45) is 0.473. The number of nitrogens with zero attached hydrogens (tertiary/aromatic N) is 3. The molecule has 1 aromatic heterocycles. The molecule has 0 unspecified atom stereocenters. The second-order valence-corrected chi connectivity index (χ2v) is 5.03. The summed E-state index contributed by atoms with van der Waals surface area (Å²) in [5, 5.41) is 14.1. The molecule has 2 rings (SSSR count). The van der Waals surface area contributed by atoms with Crippen LogP contribution in [0, 0.1) is 11.8 Å². The van der Waals surface area contributed by atoms with Crippen LogP contribution < -0.4 is 0 Å². The van der Waals surface area contributed by atoms with Gasteiger partial charge in [0.05, 0.1) is 6.61 Å². The highest BCUT2D eigenvalue weighted by Crippen LogP contribution is 2.09. The van der Waals surface area contributed by atoms with Crippen molar-refractivity contribution in [2.45, 2.75) is 13.0 Å². The summed E-state index contributed by atoms with van der Waals surface area (Å²) in [5.74, 6) is 5.69. The van der Waals surface area contributed by atoms with E-state index in [4.69, 9.17) is 5.11 Å². The molecule has 5 nitrogen and oxygen atoms in total. The molecule has 0 fully saturated rings. The van der Waals surface area contributed by atoms with Crippen molar-refractivity contribution in [2.75, 3.05) is 13.7 Å². The molecule has 2 aromatic rings. The minimum Gasteiger partial charge on any atom is -0.395 e. The molecule has 0 bridgehead atoms. The first-order chi connectivity index (χ1) is 10.2. The van der Waals surface area contributed by atoms with Crippen LogP contribution in [-0.2, 0) is 6.54 Å². The van der Waals surface area contributed by atoms with E-state index in [1.807, 2.05) is 24.3 Å². The molecule has 1 aromatic carbocycles. The normalized spacial score (nSPS) is 9.81. The Labute approximate surface area is 127 Å². The number of aromatic nitrogens is 2. The summed E-state index contributed by atoms with van der Waals surface area (Å²) < 4.78 is 3.69. The summed E-state index contributed by atoms with van der Waals surface area (Å²) >= 11 is 1.16. The zero-order valence-electron chi connectivity index (χ0n) is 11.6. The molecule has 1 amide bonds. The van der Waals surface area contributed by atoms with E-state index < -0.39 is 0 Å². The number of aliphatic hydroxyl groups is 1. The Morgan fingerprint density at radius 2 is 2.14 bits per heavy atom. The number of benzene rings is 1. The van der Waals surface area contributed by atoms with Crippen molar-refractivity contribution in [3.63, 3.8) is 0 Å². The Morgan fingerprint density at radius 3 is 2.76 bits per heavy atom. The molecular formula is C15H15N3O2S. The summed E-state index contributed by atoms with van der Waals surface area (Å²) in [7, 11) is 1.73. The second kappa shape index (κ2) is 7.53. The molecule has 0 aliphatic heterocycles. The highest BCUT2D eigenvalue weighted by molar-refractivity contribution is 7.03. The lowest BCUT2D eigenvalue weighted by Gasteiger charge is -2.15. The molecule has 0 spiro atoms. The van der Waals surface area contributed by atoms with Crippen molar-refractivity contribution in [2.24, 2.45) is 0 Å². The van der Waals surface area contributed by atoms with Gasteiger partial charge in [0.15, 0.2) is 5.69 Å². The molecule has 0 radical (unpaired) electrons. The Bertz CT molecular complexity index is 642. The Hall–Kier alpha value is -2.23. The van der Waals surface area contributed by atoms with Gasteiger partial charge in [-0.1, -0.05) is 28.5 Å². The number of amides is 1. The molecule has 108 valence electrons. The first-order valence-corrected chi connectivity index (χ1v) is 7.25. The zero-order valence-corrected chi connectivity index (χ0v) is 12.4. The fourth-order valence-electron chi connectivity index (χ4n) is 1.71. The van der Waals surface area contributed by atoms with Gasteiger partial charge in [0.25, 0.3) is 5.91 Å². The van der Waals surface area contributed by atoms with Crippen LogP contribution in [0.2, 0.25) is 0 Å². The van der Waals surface area contributed by atoms with Crippen LogP contribution in [0.15, 0.2) is 29.6 Å². The zero-order chi connectivity index (χ0) is 15.1. The smallest absolute Gasteiger partial charge is 0.275 e. The molecule has 0 saturated carbocycles. The van der Waals surface area contributed by atoms with Gasteiger partial charge in [0.2, 0.25) is 0 Å². The summed E-state index contributed by atoms with van der Waals surface area (Å²) in [5.41, 5.74) is 2.28. The third-order valence-electron chi connectivity index (χ3n) is 2.77. The number of aliphatic hydroxyl groups excluding tert-OH is 1. The maximum Gasteiger partial charge on any atom is 0.275 e. The fourth-order valence-corrected chi connectivity index (χ4v) is 2.14. The molecule has 6 heteroatoms. The van der Waals surface area contributed by atoms with Crippen LogP contribution >= 0.6 is 11.5 Å². The van der Waals surface area contributed by atoms with Crippen LogP contribution in [0.3, 0.4) is 0 Å². The third-order valence-corrected chi connectivity index (χ3v) is 3.27. The van der Waals surface area contributed by atoms with Gasteiger partial charge in [0.1, 0.15) is 0 Å². The van der Waals surface area contributed by atoms with E-state index in [0.29, 0.717) is 18.7 Å². The van der Waals surface area contributed by atoms with E-state index in [9.17, 15) is 4.79 Å². The second-order valence-electron chi connectivity index (χ2n) is 4.42. The van der Waals surface area contributed by atoms with Crippen LogP contribution in [0.4, 0.5) is 0 Å². The highest BCUT2D eigenvalue weighted by atomic mass is 32.1. The Balaban J connectivity index is 1.97. The molecule has 0 aliphatic carbocycles. The van der Waals surface area contributed by atoms with Gasteiger partial charge in [-0.25, -0.2) is 0 Å². The van der Waals surface area contributed by atoms with Gasteiger partial charge in [-0.3, -0.25) is 4.79 Å². The Kier molecular flexibility index (Phi) is 5.43. The maximum atomic E-state index is 12.0. The SMILES string of the molecule is CN(Cc1ccc(C#CCCO)cc1)C(=O)c1csnn1. The highest BCUT2D eigenvalue weighted by Gasteiger charge is 2.14. The summed E-state index contributed by atoms with van der Waals surface area (Å²) in [6.45, 7) is 0.574. The molecule has 1 N–H and O–H groups in total. The van der Waals surface area contributed by atoms with Gasteiger partial charge < -0.3 is 10.0 Å². The van der Waals surface area contributed by atoms with E-state index >= 15 is 0 Å². The van der Waals surface area contributed by atoms with Crippen molar-refractivity contribution < 1.29 is 9.90 Å². The van der Waals surface area contributed by atoms with Crippen LogP contribution in [-0.4, -0.2) is 39.2 Å². The van der Waals surface area contributed by atoms with E-state index in [-0.39, 0.29) is 12.5 Å². The van der Waals surface area contributed by atoms with Gasteiger partial charge in [-0.15, -0.1) is 5.10 Å². The van der Waals surface area contributed by atoms with Gasteiger partial charge in [0, 0.05) is 31.0 Å². The largest absolute Gasteiger partial charge is 0.395 e. The average Bonchev–Trinajstić information content (AvgIpc) is 3.02. The van der Waals surface area contributed by atoms with Crippen molar-refractivity contribution >= 4 is 17.4 Å². The van der Waals surface area contributed by atoms with Gasteiger partial charge >= 0.3 is 0 Å². The molecule has 0 atom stereocenters. The van der Waals surface area contributed by atoms with E-state index in [0.717, 1.165) is 22.7 Å². The monoisotopic (exact) mass is 301 g/mol. The molecular weight excluding hydrogens is 286 g/mol. The third kappa shape index (κ3) is 4.38. The molecule has 0 saturated heterocycles. The average molecular weight is 301 g/mol.